The molecule has 3 heteroatoms. The van der Waals surface area contributed by atoms with E-state index in [0.717, 1.165) is 5.92 Å². The van der Waals surface area contributed by atoms with Crippen molar-refractivity contribution >= 4 is 0 Å². The number of rotatable bonds is 5. The monoisotopic (exact) mass is 215 g/mol. The summed E-state index contributed by atoms with van der Waals surface area (Å²) in [6.07, 6.45) is 2.10. The summed E-state index contributed by atoms with van der Waals surface area (Å²) in [4.78, 5) is 0. The lowest BCUT2D eigenvalue weighted by molar-refractivity contribution is -0.0491. The van der Waals surface area contributed by atoms with E-state index in [1.807, 2.05) is 20.8 Å². The Morgan fingerprint density at radius 1 is 1.40 bits per heavy atom. The van der Waals surface area contributed by atoms with E-state index < -0.39 is 0 Å². The van der Waals surface area contributed by atoms with Crippen LogP contribution in [0.25, 0.3) is 0 Å². The van der Waals surface area contributed by atoms with Crippen LogP contribution >= 0.6 is 0 Å². The summed E-state index contributed by atoms with van der Waals surface area (Å²) in [5.41, 5.74) is -0.161. The van der Waals surface area contributed by atoms with Crippen molar-refractivity contribution in [3.63, 3.8) is 0 Å². The van der Waals surface area contributed by atoms with Crippen molar-refractivity contribution in [2.45, 2.75) is 58.3 Å². The van der Waals surface area contributed by atoms with Gasteiger partial charge in [0, 0.05) is 12.6 Å². The quantitative estimate of drug-likeness (QED) is 0.731. The van der Waals surface area contributed by atoms with Gasteiger partial charge in [-0.15, -0.1) is 0 Å². The summed E-state index contributed by atoms with van der Waals surface area (Å²) in [7, 11) is 0. The third-order valence-electron chi connectivity index (χ3n) is 2.72. The van der Waals surface area contributed by atoms with Crippen LogP contribution in [0.5, 0.6) is 0 Å². The van der Waals surface area contributed by atoms with E-state index in [1.165, 1.54) is 12.8 Å². The Kier molecular flexibility index (Phi) is 4.56. The summed E-state index contributed by atoms with van der Waals surface area (Å²) >= 11 is 0. The first-order valence-corrected chi connectivity index (χ1v) is 5.92. The van der Waals surface area contributed by atoms with Crippen molar-refractivity contribution in [2.75, 3.05) is 13.2 Å². The van der Waals surface area contributed by atoms with Crippen LogP contribution in [-0.2, 0) is 4.74 Å². The van der Waals surface area contributed by atoms with Gasteiger partial charge in [-0.1, -0.05) is 6.92 Å². The SMILES string of the molecule is CC1CC(NCC(O)COC(C)(C)C)C1. The van der Waals surface area contributed by atoms with Crippen LogP contribution in [0.15, 0.2) is 0 Å². The van der Waals surface area contributed by atoms with E-state index in [2.05, 4.69) is 12.2 Å². The first-order chi connectivity index (χ1) is 6.87. The molecule has 90 valence electrons. The van der Waals surface area contributed by atoms with Gasteiger partial charge < -0.3 is 15.2 Å². The highest BCUT2D eigenvalue weighted by molar-refractivity contribution is 4.82. The fourth-order valence-corrected chi connectivity index (χ4v) is 1.78. The van der Waals surface area contributed by atoms with Crippen molar-refractivity contribution < 1.29 is 9.84 Å². The Hall–Kier alpha value is -0.120. The number of hydrogen-bond donors (Lipinski definition) is 2. The van der Waals surface area contributed by atoms with Gasteiger partial charge in [-0.3, -0.25) is 0 Å². The molecule has 1 saturated carbocycles. The van der Waals surface area contributed by atoms with Crippen LogP contribution in [0, 0.1) is 5.92 Å². The normalized spacial score (nSPS) is 28.6. The molecular weight excluding hydrogens is 190 g/mol. The molecule has 0 aliphatic heterocycles. The number of aliphatic hydroxyl groups is 1. The van der Waals surface area contributed by atoms with E-state index in [1.54, 1.807) is 0 Å². The van der Waals surface area contributed by atoms with Crippen LogP contribution < -0.4 is 5.32 Å². The Morgan fingerprint density at radius 2 is 2.00 bits per heavy atom. The fraction of sp³-hybridized carbons (Fsp3) is 1.00. The molecule has 3 nitrogen and oxygen atoms in total. The lowest BCUT2D eigenvalue weighted by Gasteiger charge is -2.34. The van der Waals surface area contributed by atoms with E-state index in [9.17, 15) is 5.11 Å². The van der Waals surface area contributed by atoms with Gasteiger partial charge in [-0.05, 0) is 39.5 Å². The number of hydrogen-bond acceptors (Lipinski definition) is 3. The molecule has 0 aromatic carbocycles. The lowest BCUT2D eigenvalue weighted by atomic mass is 9.82. The molecule has 1 unspecified atom stereocenters. The van der Waals surface area contributed by atoms with Gasteiger partial charge in [0.05, 0.1) is 18.3 Å². The van der Waals surface area contributed by atoms with Crippen LogP contribution in [-0.4, -0.2) is 36.0 Å². The maximum Gasteiger partial charge on any atom is 0.0898 e. The maximum absolute atomic E-state index is 9.66. The first-order valence-electron chi connectivity index (χ1n) is 5.92. The third kappa shape index (κ3) is 5.50. The van der Waals surface area contributed by atoms with E-state index in [0.29, 0.717) is 19.2 Å². The van der Waals surface area contributed by atoms with E-state index in [-0.39, 0.29) is 11.7 Å². The lowest BCUT2D eigenvalue weighted by Crippen LogP contribution is -2.44. The zero-order valence-electron chi connectivity index (χ0n) is 10.4. The highest BCUT2D eigenvalue weighted by Gasteiger charge is 2.25. The van der Waals surface area contributed by atoms with Gasteiger partial charge in [0.2, 0.25) is 0 Å². The van der Waals surface area contributed by atoms with E-state index >= 15 is 0 Å². The van der Waals surface area contributed by atoms with Gasteiger partial charge in [0.25, 0.3) is 0 Å². The Labute approximate surface area is 93.2 Å². The number of ether oxygens (including phenoxy) is 1. The molecule has 1 atom stereocenters. The minimum atomic E-state index is -0.389. The Balaban J connectivity index is 2.01. The number of aliphatic hydroxyl groups excluding tert-OH is 1. The summed E-state index contributed by atoms with van der Waals surface area (Å²) in [5, 5.41) is 13.0. The minimum Gasteiger partial charge on any atom is -0.389 e. The molecule has 0 radical (unpaired) electrons. The van der Waals surface area contributed by atoms with Crippen LogP contribution in [0.1, 0.15) is 40.5 Å². The molecule has 1 aliphatic rings. The molecular formula is C12H25NO2. The second kappa shape index (κ2) is 5.28. The first kappa shape index (κ1) is 12.9. The molecule has 2 N–H and O–H groups in total. The smallest absolute Gasteiger partial charge is 0.0898 e. The van der Waals surface area contributed by atoms with Crippen molar-refractivity contribution in [1.82, 2.24) is 5.32 Å². The molecule has 0 heterocycles. The zero-order chi connectivity index (χ0) is 11.5. The summed E-state index contributed by atoms with van der Waals surface area (Å²) in [6.45, 7) is 9.33. The second-order valence-corrected chi connectivity index (χ2v) is 5.76. The van der Waals surface area contributed by atoms with Crippen LogP contribution in [0.4, 0.5) is 0 Å². The summed E-state index contributed by atoms with van der Waals surface area (Å²) in [6, 6.07) is 0.615. The fourth-order valence-electron chi connectivity index (χ4n) is 1.78. The van der Waals surface area contributed by atoms with E-state index in [4.69, 9.17) is 4.74 Å². The Bertz CT molecular complexity index is 183. The van der Waals surface area contributed by atoms with Crippen LogP contribution in [0.2, 0.25) is 0 Å². The predicted molar refractivity (Wildman–Crippen MR) is 61.9 cm³/mol. The van der Waals surface area contributed by atoms with Gasteiger partial charge >= 0.3 is 0 Å². The third-order valence-corrected chi connectivity index (χ3v) is 2.72. The number of nitrogens with one attached hydrogen (secondary N) is 1. The average molecular weight is 215 g/mol. The van der Waals surface area contributed by atoms with Crippen molar-refractivity contribution in [3.05, 3.63) is 0 Å². The highest BCUT2D eigenvalue weighted by Crippen LogP contribution is 2.25. The average Bonchev–Trinajstić information content (AvgIpc) is 2.06. The molecule has 0 saturated heterocycles. The zero-order valence-corrected chi connectivity index (χ0v) is 10.4. The van der Waals surface area contributed by atoms with Crippen molar-refractivity contribution in [3.8, 4) is 0 Å². The van der Waals surface area contributed by atoms with Gasteiger partial charge in [0.1, 0.15) is 0 Å². The summed E-state index contributed by atoms with van der Waals surface area (Å²) < 4.78 is 5.51. The van der Waals surface area contributed by atoms with Gasteiger partial charge in [-0.25, -0.2) is 0 Å². The molecule has 0 spiro atoms. The van der Waals surface area contributed by atoms with Crippen molar-refractivity contribution in [2.24, 2.45) is 5.92 Å². The molecule has 0 aromatic heterocycles. The van der Waals surface area contributed by atoms with Crippen molar-refractivity contribution in [1.29, 1.82) is 0 Å². The summed E-state index contributed by atoms with van der Waals surface area (Å²) in [5.74, 6) is 0.852. The minimum absolute atomic E-state index is 0.161. The highest BCUT2D eigenvalue weighted by atomic mass is 16.5. The molecule has 15 heavy (non-hydrogen) atoms. The van der Waals surface area contributed by atoms with Gasteiger partial charge in [0.15, 0.2) is 0 Å². The molecule has 1 aliphatic carbocycles. The topological polar surface area (TPSA) is 41.5 Å². The molecule has 1 fully saturated rings. The largest absolute Gasteiger partial charge is 0.389 e. The van der Waals surface area contributed by atoms with Gasteiger partial charge in [-0.2, -0.15) is 0 Å². The standard InChI is InChI=1S/C12H25NO2/c1-9-5-10(6-9)13-7-11(14)8-15-12(2,3)4/h9-11,13-14H,5-8H2,1-4H3. The van der Waals surface area contributed by atoms with Crippen LogP contribution in [0.3, 0.4) is 0 Å². The molecule has 0 amide bonds. The second-order valence-electron chi connectivity index (χ2n) is 5.76. The predicted octanol–water partition coefficient (Wildman–Crippen LogP) is 1.55. The molecule has 0 bridgehead atoms. The maximum atomic E-state index is 9.66. The molecule has 0 aromatic rings. The molecule has 1 rings (SSSR count). The Morgan fingerprint density at radius 3 is 2.47 bits per heavy atom.